The van der Waals surface area contributed by atoms with E-state index in [4.69, 9.17) is 4.74 Å². The summed E-state index contributed by atoms with van der Waals surface area (Å²) in [6.07, 6.45) is 1.85. The first-order chi connectivity index (χ1) is 7.06. The van der Waals surface area contributed by atoms with E-state index < -0.39 is 6.98 Å². The molecule has 0 bridgehead atoms. The van der Waals surface area contributed by atoms with Crippen LogP contribution in [0.1, 0.15) is 11.1 Å². The minimum atomic E-state index is -4.88. The van der Waals surface area contributed by atoms with Gasteiger partial charge < -0.3 is 17.7 Å². The Morgan fingerprint density at radius 3 is 2.69 bits per heavy atom. The molecular formula is C10H9BF3KO. The summed E-state index contributed by atoms with van der Waals surface area (Å²) < 4.78 is 41.4. The van der Waals surface area contributed by atoms with Gasteiger partial charge in [-0.3, -0.25) is 0 Å². The second-order valence-electron chi connectivity index (χ2n) is 3.42. The third-order valence-electron chi connectivity index (χ3n) is 2.24. The monoisotopic (exact) mass is 252 g/mol. The first kappa shape index (κ1) is 14.3. The summed E-state index contributed by atoms with van der Waals surface area (Å²) in [5.74, 6) is 0.880. The molecule has 0 atom stereocenters. The van der Waals surface area contributed by atoms with E-state index in [9.17, 15) is 12.9 Å². The Hall–Kier alpha value is 0.251. The van der Waals surface area contributed by atoms with Gasteiger partial charge in [0.2, 0.25) is 0 Å². The summed E-state index contributed by atoms with van der Waals surface area (Å²) in [6.45, 7) is -4.32. The summed E-state index contributed by atoms with van der Waals surface area (Å²) in [5.41, 5.74) is 1.48. The van der Waals surface area contributed by atoms with Gasteiger partial charge in [0.25, 0.3) is 0 Å². The van der Waals surface area contributed by atoms with E-state index in [0.29, 0.717) is 17.9 Å². The number of hydrogen-bond donors (Lipinski definition) is 0. The minimum absolute atomic E-state index is 0. The molecule has 0 saturated heterocycles. The van der Waals surface area contributed by atoms with Crippen molar-refractivity contribution in [3.8, 4) is 5.75 Å². The number of benzene rings is 1. The second-order valence-corrected chi connectivity index (χ2v) is 3.42. The molecule has 0 saturated carbocycles. The maximum absolute atomic E-state index is 12.0. The van der Waals surface area contributed by atoms with Gasteiger partial charge in [-0.1, -0.05) is 24.3 Å². The van der Waals surface area contributed by atoms with Crippen molar-refractivity contribution in [2.75, 3.05) is 6.61 Å². The predicted octanol–water partition coefficient (Wildman–Crippen LogP) is 0.0253. The molecule has 1 aromatic carbocycles. The fraction of sp³-hybridized carbons (Fsp3) is 0.200. The molecule has 0 unspecified atom stereocenters. The van der Waals surface area contributed by atoms with Crippen molar-refractivity contribution in [2.45, 2.75) is 6.42 Å². The van der Waals surface area contributed by atoms with Gasteiger partial charge in [0, 0.05) is 12.0 Å². The number of fused-ring (bicyclic) bond motifs is 1. The maximum atomic E-state index is 12.0. The quantitative estimate of drug-likeness (QED) is 0.674. The van der Waals surface area contributed by atoms with Crippen LogP contribution >= 0.6 is 0 Å². The van der Waals surface area contributed by atoms with Crippen LogP contribution in [0.2, 0.25) is 0 Å². The van der Waals surface area contributed by atoms with Crippen molar-refractivity contribution in [3.05, 3.63) is 35.3 Å². The van der Waals surface area contributed by atoms with Crippen molar-refractivity contribution >= 4 is 13.1 Å². The van der Waals surface area contributed by atoms with E-state index in [2.05, 4.69) is 0 Å². The molecule has 80 valence electrons. The van der Waals surface area contributed by atoms with Gasteiger partial charge in [0.15, 0.2) is 0 Å². The summed E-state index contributed by atoms with van der Waals surface area (Å²) in [6, 6.07) is 5.25. The molecule has 0 fully saturated rings. The van der Waals surface area contributed by atoms with E-state index in [-0.39, 0.29) is 57.4 Å². The molecule has 0 aromatic heterocycles. The Morgan fingerprint density at radius 2 is 2.00 bits per heavy atom. The molecule has 1 aliphatic rings. The van der Waals surface area contributed by atoms with Gasteiger partial charge in [-0.25, -0.2) is 0 Å². The van der Waals surface area contributed by atoms with Crippen LogP contribution in [0.15, 0.2) is 24.2 Å². The van der Waals surface area contributed by atoms with E-state index in [1.807, 2.05) is 6.07 Å². The number of rotatable bonds is 2. The van der Waals surface area contributed by atoms with Crippen molar-refractivity contribution in [2.24, 2.45) is 0 Å². The Kier molecular flexibility index (Phi) is 5.13. The van der Waals surface area contributed by atoms with Crippen LogP contribution in [-0.2, 0) is 6.42 Å². The zero-order chi connectivity index (χ0) is 10.9. The molecule has 1 nitrogen and oxygen atoms in total. The summed E-state index contributed by atoms with van der Waals surface area (Å²) in [4.78, 5) is 0. The first-order valence-electron chi connectivity index (χ1n) is 4.70. The van der Waals surface area contributed by atoms with Gasteiger partial charge in [-0.05, 0) is 5.56 Å². The number of para-hydroxylation sites is 1. The zero-order valence-corrected chi connectivity index (χ0v) is 12.0. The Balaban J connectivity index is 0.00000128. The zero-order valence-electron chi connectivity index (χ0n) is 8.92. The summed E-state index contributed by atoms with van der Waals surface area (Å²) in [5, 5.41) is 0. The average Bonchev–Trinajstić information content (AvgIpc) is 2.61. The van der Waals surface area contributed by atoms with E-state index in [1.165, 1.54) is 0 Å². The first-order valence-corrected chi connectivity index (χ1v) is 4.70. The SMILES string of the molecule is F[B-](F)(F)/C=C/c1cccc2c1OCC2.[K+]. The molecule has 16 heavy (non-hydrogen) atoms. The summed E-state index contributed by atoms with van der Waals surface area (Å²) in [7, 11) is 0. The molecule has 2 rings (SSSR count). The third-order valence-corrected chi connectivity index (χ3v) is 2.24. The van der Waals surface area contributed by atoms with Crippen LogP contribution in [-0.4, -0.2) is 13.6 Å². The number of halogens is 3. The van der Waals surface area contributed by atoms with Gasteiger partial charge in [0.05, 0.1) is 6.61 Å². The molecule has 1 heterocycles. The summed E-state index contributed by atoms with van der Waals surface area (Å²) >= 11 is 0. The van der Waals surface area contributed by atoms with E-state index >= 15 is 0 Å². The van der Waals surface area contributed by atoms with Crippen LogP contribution in [0.3, 0.4) is 0 Å². The Labute approximate surface area is 135 Å². The largest absolute Gasteiger partial charge is 1.00 e. The molecule has 0 amide bonds. The molecule has 1 aromatic rings. The molecule has 1 aliphatic heterocycles. The molecular weight excluding hydrogens is 243 g/mol. The topological polar surface area (TPSA) is 9.23 Å². The predicted molar refractivity (Wildman–Crippen MR) is 53.8 cm³/mol. The molecule has 6 heteroatoms. The van der Waals surface area contributed by atoms with Crippen LogP contribution in [0.4, 0.5) is 12.9 Å². The number of ether oxygens (including phenoxy) is 1. The van der Waals surface area contributed by atoms with Gasteiger partial charge in [0.1, 0.15) is 5.75 Å². The molecule has 0 spiro atoms. The fourth-order valence-electron chi connectivity index (χ4n) is 1.58. The van der Waals surface area contributed by atoms with Crippen molar-refractivity contribution < 1.29 is 69.1 Å². The van der Waals surface area contributed by atoms with E-state index in [0.717, 1.165) is 18.1 Å². The maximum Gasteiger partial charge on any atom is 1.00 e. The van der Waals surface area contributed by atoms with Crippen molar-refractivity contribution in [1.82, 2.24) is 0 Å². The average molecular weight is 252 g/mol. The van der Waals surface area contributed by atoms with Gasteiger partial charge >= 0.3 is 58.4 Å². The van der Waals surface area contributed by atoms with E-state index in [1.54, 1.807) is 12.1 Å². The van der Waals surface area contributed by atoms with Crippen molar-refractivity contribution in [3.63, 3.8) is 0 Å². The van der Waals surface area contributed by atoms with Crippen LogP contribution in [0, 0.1) is 0 Å². The van der Waals surface area contributed by atoms with Gasteiger partial charge in [-0.15, -0.1) is 5.98 Å². The number of hydrogen-bond acceptors (Lipinski definition) is 1. The molecule has 0 N–H and O–H groups in total. The van der Waals surface area contributed by atoms with Crippen LogP contribution in [0.5, 0.6) is 5.75 Å². The van der Waals surface area contributed by atoms with Crippen LogP contribution < -0.4 is 56.1 Å². The minimum Gasteiger partial charge on any atom is -0.492 e. The Morgan fingerprint density at radius 1 is 1.25 bits per heavy atom. The standard InChI is InChI=1S/C10H9BF3O.K/c12-11(13,14)6-4-8-2-1-3-9-5-7-15-10(8)9;/h1-4,6H,5,7H2;/q-1;+1/b6-4+;. The van der Waals surface area contributed by atoms with Crippen molar-refractivity contribution in [1.29, 1.82) is 0 Å². The fourth-order valence-corrected chi connectivity index (χ4v) is 1.58. The molecule has 0 radical (unpaired) electrons. The molecule has 0 aliphatic carbocycles. The smallest absolute Gasteiger partial charge is 0.492 e. The van der Waals surface area contributed by atoms with Gasteiger partial charge in [-0.2, -0.15) is 0 Å². The normalized spacial score (nSPS) is 14.4. The third kappa shape index (κ3) is 3.63. The second kappa shape index (κ2) is 5.73. The van der Waals surface area contributed by atoms with Crippen LogP contribution in [0.25, 0.3) is 6.08 Å². The Bertz CT molecular complexity index is 404.